The monoisotopic (exact) mass is 541 g/mol. The smallest absolute Gasteiger partial charge is 0.241 e. The van der Waals surface area contributed by atoms with Crippen LogP contribution < -0.4 is 19.2 Å². The number of benzene rings is 3. The number of fused-ring (bicyclic) bond motifs is 2. The van der Waals surface area contributed by atoms with Crippen LogP contribution in [0.15, 0.2) is 69.9 Å². The Morgan fingerprint density at radius 2 is 1.76 bits per heavy atom. The first-order valence-electron chi connectivity index (χ1n) is 12.2. The third-order valence-corrected chi connectivity index (χ3v) is 7.83. The van der Waals surface area contributed by atoms with Gasteiger partial charge in [0.05, 0.1) is 35.9 Å². The van der Waals surface area contributed by atoms with E-state index in [1.807, 2.05) is 0 Å². The van der Waals surface area contributed by atoms with Gasteiger partial charge in [-0.1, -0.05) is 19.1 Å². The van der Waals surface area contributed by atoms with E-state index in [9.17, 15) is 22.4 Å². The van der Waals surface area contributed by atoms with Gasteiger partial charge in [-0.15, -0.1) is 0 Å². The van der Waals surface area contributed by atoms with Crippen molar-refractivity contribution in [3.05, 3.63) is 76.7 Å². The minimum absolute atomic E-state index is 0.0502. The third-order valence-electron chi connectivity index (χ3n) is 5.94. The second-order valence-electron chi connectivity index (χ2n) is 8.68. The van der Waals surface area contributed by atoms with Crippen LogP contribution in [-0.2, 0) is 14.8 Å². The average molecular weight is 542 g/mol. The number of hydrogen-bond acceptors (Lipinski definition) is 7. The van der Waals surface area contributed by atoms with Crippen molar-refractivity contribution in [2.45, 2.75) is 32.6 Å². The molecule has 38 heavy (non-hydrogen) atoms. The fourth-order valence-corrected chi connectivity index (χ4v) is 5.67. The van der Waals surface area contributed by atoms with Gasteiger partial charge in [-0.25, -0.2) is 17.1 Å². The van der Waals surface area contributed by atoms with E-state index in [2.05, 4.69) is 0 Å². The molecule has 0 aliphatic heterocycles. The summed E-state index contributed by atoms with van der Waals surface area (Å²) in [7, 11) is -2.68. The van der Waals surface area contributed by atoms with E-state index in [1.165, 1.54) is 19.2 Å². The molecule has 4 rings (SSSR count). The summed E-state index contributed by atoms with van der Waals surface area (Å²) >= 11 is 0. The number of methoxy groups -OCH3 is 1. The maximum Gasteiger partial charge on any atom is 0.241 e. The van der Waals surface area contributed by atoms with Crippen molar-refractivity contribution in [2.24, 2.45) is 0 Å². The Balaban J connectivity index is 1.40. The third kappa shape index (κ3) is 5.80. The van der Waals surface area contributed by atoms with Gasteiger partial charge in [0, 0.05) is 12.5 Å². The molecular weight excluding hydrogens is 513 g/mol. The van der Waals surface area contributed by atoms with E-state index in [1.54, 1.807) is 49.4 Å². The molecule has 0 atom stereocenters. The molecule has 0 aliphatic rings. The van der Waals surface area contributed by atoms with Gasteiger partial charge < -0.3 is 13.9 Å². The van der Waals surface area contributed by atoms with Crippen molar-refractivity contribution in [1.29, 1.82) is 0 Å². The van der Waals surface area contributed by atoms with Gasteiger partial charge in [-0.3, -0.25) is 9.59 Å². The van der Waals surface area contributed by atoms with Crippen LogP contribution in [0.2, 0.25) is 0 Å². The van der Waals surface area contributed by atoms with Crippen LogP contribution in [0.3, 0.4) is 0 Å². The summed E-state index contributed by atoms with van der Waals surface area (Å²) in [5.74, 6) is -1.24. The van der Waals surface area contributed by atoms with Gasteiger partial charge in [-0.2, -0.15) is 0 Å². The van der Waals surface area contributed by atoms with E-state index < -0.39 is 21.7 Å². The zero-order valence-corrected chi connectivity index (χ0v) is 21.9. The lowest BCUT2D eigenvalue weighted by Gasteiger charge is -2.23. The lowest BCUT2D eigenvalue weighted by Crippen LogP contribution is -2.38. The topological polar surface area (TPSA) is 103 Å². The minimum Gasteiger partial charge on any atom is -0.494 e. The molecule has 3 aromatic carbocycles. The van der Waals surface area contributed by atoms with Gasteiger partial charge in [0.15, 0.2) is 11.6 Å². The van der Waals surface area contributed by atoms with Crippen LogP contribution in [0.4, 0.5) is 10.1 Å². The number of para-hydroxylation sites is 1. The van der Waals surface area contributed by atoms with Gasteiger partial charge in [0.1, 0.15) is 16.9 Å². The number of hydrogen-bond donors (Lipinski definition) is 0. The summed E-state index contributed by atoms with van der Waals surface area (Å²) in [5.41, 5.74) is 0.743. The molecule has 0 aliphatic carbocycles. The number of rotatable bonds is 11. The number of halogens is 1. The predicted molar refractivity (Wildman–Crippen MR) is 144 cm³/mol. The summed E-state index contributed by atoms with van der Waals surface area (Å²) < 4.78 is 57.0. The highest BCUT2D eigenvalue weighted by Crippen LogP contribution is 2.27. The van der Waals surface area contributed by atoms with Gasteiger partial charge in [0.2, 0.25) is 21.4 Å². The maximum atomic E-state index is 14.3. The number of carbonyl (C=O) groups is 1. The largest absolute Gasteiger partial charge is 0.494 e. The summed E-state index contributed by atoms with van der Waals surface area (Å²) in [6.07, 6.45) is 1.02. The number of nitrogens with zero attached hydrogens (tertiary/aromatic N) is 1. The molecular formula is C28H28FNO7S. The summed E-state index contributed by atoms with van der Waals surface area (Å²) in [4.78, 5) is 25.8. The number of ether oxygens (including phenoxy) is 2. The van der Waals surface area contributed by atoms with Crippen molar-refractivity contribution in [2.75, 3.05) is 23.8 Å². The highest BCUT2D eigenvalue weighted by Gasteiger charge is 2.29. The number of carbonyl (C=O) groups excluding carboxylic acids is 1. The number of amides is 1. The molecule has 0 fully saturated rings. The fourth-order valence-electron chi connectivity index (χ4n) is 4.13. The molecule has 4 aromatic rings. The first-order chi connectivity index (χ1) is 18.2. The highest BCUT2D eigenvalue weighted by atomic mass is 32.2. The molecule has 0 bridgehead atoms. The Kier molecular flexibility index (Phi) is 8.31. The maximum absolute atomic E-state index is 14.3. The van der Waals surface area contributed by atoms with E-state index in [0.717, 1.165) is 6.07 Å². The zero-order chi connectivity index (χ0) is 27.3. The van der Waals surface area contributed by atoms with Crippen LogP contribution in [0, 0.1) is 5.82 Å². The van der Waals surface area contributed by atoms with Crippen molar-refractivity contribution < 1.29 is 31.5 Å². The standard InChI is InChI=1S/C28H28FNO7S/c1-3-16-38(33,34)30(19-11-13-26(35-2)23(29)17-19)27(31)10-6-7-15-36-20-12-14-25-22(18-20)28(32)21-8-4-5-9-24(21)37-25/h4-5,8-9,11-14,17-18H,3,6-7,10,15-16H2,1-2H3. The summed E-state index contributed by atoms with van der Waals surface area (Å²) in [6.45, 7) is 1.93. The van der Waals surface area contributed by atoms with E-state index in [4.69, 9.17) is 13.9 Å². The Labute approximate surface area is 219 Å². The lowest BCUT2D eigenvalue weighted by molar-refractivity contribution is -0.117. The van der Waals surface area contributed by atoms with Crippen molar-refractivity contribution in [3.8, 4) is 11.5 Å². The van der Waals surface area contributed by atoms with Gasteiger partial charge in [0.25, 0.3) is 0 Å². The van der Waals surface area contributed by atoms with Crippen molar-refractivity contribution in [1.82, 2.24) is 0 Å². The van der Waals surface area contributed by atoms with Crippen LogP contribution in [0.1, 0.15) is 32.6 Å². The van der Waals surface area contributed by atoms with E-state index in [0.29, 0.717) is 51.3 Å². The Morgan fingerprint density at radius 3 is 2.50 bits per heavy atom. The first-order valence-corrected chi connectivity index (χ1v) is 13.8. The van der Waals surface area contributed by atoms with Crippen molar-refractivity contribution >= 4 is 43.6 Å². The second-order valence-corrected chi connectivity index (χ2v) is 10.6. The molecule has 0 unspecified atom stereocenters. The molecule has 10 heteroatoms. The highest BCUT2D eigenvalue weighted by molar-refractivity contribution is 7.93. The van der Waals surface area contributed by atoms with Gasteiger partial charge >= 0.3 is 0 Å². The molecule has 0 radical (unpaired) electrons. The quantitative estimate of drug-likeness (QED) is 0.185. The van der Waals surface area contributed by atoms with Crippen molar-refractivity contribution in [3.63, 3.8) is 0 Å². The molecule has 200 valence electrons. The summed E-state index contributed by atoms with van der Waals surface area (Å²) in [6, 6.07) is 15.6. The molecule has 1 heterocycles. The fraction of sp³-hybridized carbons (Fsp3) is 0.286. The van der Waals surface area contributed by atoms with Crippen LogP contribution >= 0.6 is 0 Å². The lowest BCUT2D eigenvalue weighted by atomic mass is 10.1. The van der Waals surface area contributed by atoms with Crippen LogP contribution in [0.25, 0.3) is 21.9 Å². The number of sulfonamides is 1. The van der Waals surface area contributed by atoms with E-state index in [-0.39, 0.29) is 35.6 Å². The molecule has 1 aromatic heterocycles. The molecule has 0 saturated heterocycles. The molecule has 0 saturated carbocycles. The van der Waals surface area contributed by atoms with Crippen LogP contribution in [0.5, 0.6) is 11.5 Å². The normalized spacial score (nSPS) is 11.6. The average Bonchev–Trinajstić information content (AvgIpc) is 2.89. The Bertz CT molecular complexity index is 1630. The molecule has 8 nitrogen and oxygen atoms in total. The second kappa shape index (κ2) is 11.6. The van der Waals surface area contributed by atoms with E-state index >= 15 is 0 Å². The molecule has 0 spiro atoms. The Hall–Kier alpha value is -3.92. The number of unbranched alkanes of at least 4 members (excludes halogenated alkanes) is 1. The molecule has 1 amide bonds. The van der Waals surface area contributed by atoms with Gasteiger partial charge in [-0.05, 0) is 61.7 Å². The SMILES string of the molecule is CCCS(=O)(=O)N(C(=O)CCCCOc1ccc2oc3ccccc3c(=O)c2c1)c1ccc(OC)c(F)c1. The number of anilines is 1. The first kappa shape index (κ1) is 27.1. The summed E-state index contributed by atoms with van der Waals surface area (Å²) in [5, 5.41) is 0.884. The zero-order valence-electron chi connectivity index (χ0n) is 21.1. The predicted octanol–water partition coefficient (Wildman–Crippen LogP) is 5.42. The molecule has 0 N–H and O–H groups in total. The van der Waals surface area contributed by atoms with Crippen LogP contribution in [-0.4, -0.2) is 33.8 Å². The minimum atomic E-state index is -3.98. The Morgan fingerprint density at radius 1 is 1.00 bits per heavy atom.